The lowest BCUT2D eigenvalue weighted by Crippen LogP contribution is -2.29. The molecule has 2 rings (SSSR count). The molecule has 2 unspecified atom stereocenters. The van der Waals surface area contributed by atoms with Gasteiger partial charge in [-0.15, -0.1) is 0 Å². The molecule has 0 saturated carbocycles. The first kappa shape index (κ1) is 13.7. The van der Waals surface area contributed by atoms with Crippen LogP contribution in [0.25, 0.3) is 0 Å². The Balaban J connectivity index is 1.82. The van der Waals surface area contributed by atoms with Gasteiger partial charge in [-0.3, -0.25) is 0 Å². The molecule has 0 aromatic heterocycles. The zero-order chi connectivity index (χ0) is 13.7. The second-order valence-electron chi connectivity index (χ2n) is 5.14. The largest absolute Gasteiger partial charge is 0.383 e. The van der Waals surface area contributed by atoms with Crippen molar-refractivity contribution in [2.24, 2.45) is 5.73 Å². The van der Waals surface area contributed by atoms with Gasteiger partial charge in [-0.2, -0.15) is 0 Å². The van der Waals surface area contributed by atoms with Gasteiger partial charge in [-0.1, -0.05) is 0 Å². The van der Waals surface area contributed by atoms with Crippen LogP contribution < -0.4 is 21.7 Å². The molecule has 1 aromatic carbocycles. The van der Waals surface area contributed by atoms with Crippen molar-refractivity contribution in [2.45, 2.75) is 38.3 Å². The molecule has 5 N–H and O–H groups in total. The van der Waals surface area contributed by atoms with Crippen molar-refractivity contribution in [1.29, 1.82) is 0 Å². The predicted octanol–water partition coefficient (Wildman–Crippen LogP) is 2.12. The average molecular weight is 262 g/mol. The molecule has 2 atom stereocenters. The summed E-state index contributed by atoms with van der Waals surface area (Å²) in [6, 6.07) is 8.10. The maximum absolute atomic E-state index is 10.7. The maximum Gasteiger partial charge on any atom is 0.316 e. The number of rotatable bonds is 5. The van der Waals surface area contributed by atoms with Gasteiger partial charge in [0.15, 0.2) is 0 Å². The summed E-state index contributed by atoms with van der Waals surface area (Å²) in [4.78, 5) is 10.7. The van der Waals surface area contributed by atoms with E-state index >= 15 is 0 Å². The number of hydrogen-bond acceptors (Lipinski definition) is 3. The van der Waals surface area contributed by atoms with E-state index in [0.29, 0.717) is 17.8 Å². The Morgan fingerprint density at radius 3 is 2.68 bits per heavy atom. The number of carbonyl (C=O) groups excluding carboxylic acids is 1. The standard InChI is InChI=1S/C14H22N4O/c1-10(9-13-3-2-8-16-13)17-11-4-6-12(7-5-11)18-14(15)19/h4-7,10,13,16-17H,2-3,8-9H2,1H3,(H3,15,18,19). The number of carbonyl (C=O) groups is 1. The van der Waals surface area contributed by atoms with Crippen molar-refractivity contribution in [1.82, 2.24) is 5.32 Å². The number of urea groups is 1. The van der Waals surface area contributed by atoms with Crippen molar-refractivity contribution in [3.63, 3.8) is 0 Å². The summed E-state index contributed by atoms with van der Waals surface area (Å²) in [5, 5.41) is 9.51. The Kier molecular flexibility index (Phi) is 4.63. The molecule has 2 amide bonds. The molecule has 0 aliphatic carbocycles. The molecule has 104 valence electrons. The van der Waals surface area contributed by atoms with Crippen molar-refractivity contribution >= 4 is 17.4 Å². The van der Waals surface area contributed by atoms with Gasteiger partial charge in [0.2, 0.25) is 0 Å². The quantitative estimate of drug-likeness (QED) is 0.656. The number of hydrogen-bond donors (Lipinski definition) is 4. The van der Waals surface area contributed by atoms with Crippen LogP contribution in [0.15, 0.2) is 24.3 Å². The minimum absolute atomic E-state index is 0.422. The average Bonchev–Trinajstić information content (AvgIpc) is 2.83. The molecule has 0 spiro atoms. The SMILES string of the molecule is CC(CC1CCCN1)Nc1ccc(NC(N)=O)cc1. The van der Waals surface area contributed by atoms with Gasteiger partial charge in [-0.25, -0.2) is 4.79 Å². The van der Waals surface area contributed by atoms with Crippen LogP contribution in [0, 0.1) is 0 Å². The van der Waals surface area contributed by atoms with E-state index in [1.165, 1.54) is 12.8 Å². The molecule has 5 heteroatoms. The normalized spacial score (nSPS) is 19.9. The van der Waals surface area contributed by atoms with Crippen LogP contribution in [0.2, 0.25) is 0 Å². The van der Waals surface area contributed by atoms with E-state index in [1.807, 2.05) is 24.3 Å². The topological polar surface area (TPSA) is 79.2 Å². The van der Waals surface area contributed by atoms with E-state index in [1.54, 1.807) is 0 Å². The summed E-state index contributed by atoms with van der Waals surface area (Å²) in [6.07, 6.45) is 3.68. The van der Waals surface area contributed by atoms with Gasteiger partial charge in [0.25, 0.3) is 0 Å². The molecule has 1 aromatic rings. The molecule has 1 saturated heterocycles. The Bertz CT molecular complexity index is 412. The lowest BCUT2D eigenvalue weighted by molar-refractivity contribution is 0.259. The van der Waals surface area contributed by atoms with Crippen LogP contribution in [-0.2, 0) is 0 Å². The van der Waals surface area contributed by atoms with Crippen LogP contribution in [0.4, 0.5) is 16.2 Å². The first-order chi connectivity index (χ1) is 9.13. The van der Waals surface area contributed by atoms with Crippen molar-refractivity contribution < 1.29 is 4.79 Å². The predicted molar refractivity (Wildman–Crippen MR) is 78.4 cm³/mol. The Labute approximate surface area is 113 Å². The lowest BCUT2D eigenvalue weighted by Gasteiger charge is -2.19. The maximum atomic E-state index is 10.7. The molecule has 19 heavy (non-hydrogen) atoms. The fourth-order valence-corrected chi connectivity index (χ4v) is 2.52. The third-order valence-corrected chi connectivity index (χ3v) is 3.37. The Morgan fingerprint density at radius 1 is 1.42 bits per heavy atom. The summed E-state index contributed by atoms with van der Waals surface area (Å²) in [5.74, 6) is 0. The van der Waals surface area contributed by atoms with E-state index in [-0.39, 0.29) is 0 Å². The number of benzene rings is 1. The van der Waals surface area contributed by atoms with E-state index in [4.69, 9.17) is 5.73 Å². The molecule has 1 aliphatic rings. The summed E-state index contributed by atoms with van der Waals surface area (Å²) in [7, 11) is 0. The highest BCUT2D eigenvalue weighted by Gasteiger charge is 2.16. The van der Waals surface area contributed by atoms with Crippen LogP contribution >= 0.6 is 0 Å². The van der Waals surface area contributed by atoms with Crippen LogP contribution in [-0.4, -0.2) is 24.7 Å². The fourth-order valence-electron chi connectivity index (χ4n) is 2.52. The zero-order valence-corrected chi connectivity index (χ0v) is 11.3. The minimum Gasteiger partial charge on any atom is -0.383 e. The molecule has 1 heterocycles. The van der Waals surface area contributed by atoms with Gasteiger partial charge in [0.1, 0.15) is 0 Å². The summed E-state index contributed by atoms with van der Waals surface area (Å²) < 4.78 is 0. The molecule has 1 aliphatic heterocycles. The zero-order valence-electron chi connectivity index (χ0n) is 11.3. The Morgan fingerprint density at radius 2 is 2.11 bits per heavy atom. The molecular formula is C14H22N4O. The lowest BCUT2D eigenvalue weighted by atomic mass is 10.1. The highest BCUT2D eigenvalue weighted by molar-refractivity contribution is 5.87. The van der Waals surface area contributed by atoms with Crippen LogP contribution in [0.5, 0.6) is 0 Å². The van der Waals surface area contributed by atoms with Crippen LogP contribution in [0.3, 0.4) is 0 Å². The first-order valence-corrected chi connectivity index (χ1v) is 6.80. The van der Waals surface area contributed by atoms with Crippen molar-refractivity contribution in [3.05, 3.63) is 24.3 Å². The van der Waals surface area contributed by atoms with Crippen molar-refractivity contribution in [2.75, 3.05) is 17.2 Å². The van der Waals surface area contributed by atoms with Crippen LogP contribution in [0.1, 0.15) is 26.2 Å². The number of nitrogens with one attached hydrogen (secondary N) is 3. The highest BCUT2D eigenvalue weighted by Crippen LogP contribution is 2.17. The third-order valence-electron chi connectivity index (χ3n) is 3.37. The summed E-state index contributed by atoms with van der Waals surface area (Å²) >= 11 is 0. The molecule has 1 fully saturated rings. The van der Waals surface area contributed by atoms with Gasteiger partial charge < -0.3 is 21.7 Å². The minimum atomic E-state index is -0.540. The van der Waals surface area contributed by atoms with Gasteiger partial charge in [0, 0.05) is 23.5 Å². The number of anilines is 2. The smallest absolute Gasteiger partial charge is 0.316 e. The van der Waals surface area contributed by atoms with Gasteiger partial charge in [-0.05, 0) is 57.0 Å². The molecule has 5 nitrogen and oxygen atoms in total. The number of nitrogens with two attached hydrogens (primary N) is 1. The summed E-state index contributed by atoms with van der Waals surface area (Å²) in [6.45, 7) is 3.33. The van der Waals surface area contributed by atoms with E-state index in [2.05, 4.69) is 22.9 Å². The van der Waals surface area contributed by atoms with E-state index in [9.17, 15) is 4.79 Å². The van der Waals surface area contributed by atoms with Gasteiger partial charge in [0.05, 0.1) is 0 Å². The summed E-state index contributed by atoms with van der Waals surface area (Å²) in [5.41, 5.74) is 6.83. The van der Waals surface area contributed by atoms with E-state index in [0.717, 1.165) is 18.7 Å². The van der Waals surface area contributed by atoms with E-state index < -0.39 is 6.03 Å². The molecule has 0 radical (unpaired) electrons. The fraction of sp³-hybridized carbons (Fsp3) is 0.500. The Hall–Kier alpha value is -1.75. The monoisotopic (exact) mass is 262 g/mol. The number of primary amides is 1. The molecule has 0 bridgehead atoms. The highest BCUT2D eigenvalue weighted by atomic mass is 16.2. The number of amides is 2. The first-order valence-electron chi connectivity index (χ1n) is 6.80. The second-order valence-corrected chi connectivity index (χ2v) is 5.14. The molecular weight excluding hydrogens is 240 g/mol. The van der Waals surface area contributed by atoms with Crippen molar-refractivity contribution in [3.8, 4) is 0 Å². The third kappa shape index (κ3) is 4.44. The van der Waals surface area contributed by atoms with Gasteiger partial charge >= 0.3 is 6.03 Å². The second kappa shape index (κ2) is 6.43.